The molecule has 3 N–H and O–H groups in total. The molecule has 0 radical (unpaired) electrons. The first-order valence-electron chi connectivity index (χ1n) is 4.93. The maximum Gasteiger partial charge on any atom is 0.160 e. The highest BCUT2D eigenvalue weighted by molar-refractivity contribution is 9.10. The van der Waals surface area contributed by atoms with Crippen molar-refractivity contribution in [2.75, 3.05) is 7.11 Å². The van der Waals surface area contributed by atoms with Crippen molar-refractivity contribution in [3.8, 4) is 11.5 Å². The van der Waals surface area contributed by atoms with Gasteiger partial charge in [-0.2, -0.15) is 0 Å². The molecule has 1 aromatic carbocycles. The van der Waals surface area contributed by atoms with Crippen LogP contribution in [0.15, 0.2) is 16.6 Å². The summed E-state index contributed by atoms with van der Waals surface area (Å²) < 4.78 is 5.93. The van der Waals surface area contributed by atoms with Crippen molar-refractivity contribution < 1.29 is 9.84 Å². The lowest BCUT2D eigenvalue weighted by Gasteiger charge is -2.39. The standard InChI is InChI=1S/C11H14BrNO2/c1-15-10-5-7(8(12)6-9(10)14)11(13)3-2-4-11/h5-6,14H,2-4,13H2,1H3. The summed E-state index contributed by atoms with van der Waals surface area (Å²) in [6.07, 6.45) is 3.13. The number of ether oxygens (including phenoxy) is 1. The van der Waals surface area contributed by atoms with E-state index < -0.39 is 0 Å². The van der Waals surface area contributed by atoms with Gasteiger partial charge in [-0.25, -0.2) is 0 Å². The number of nitrogens with two attached hydrogens (primary N) is 1. The topological polar surface area (TPSA) is 55.5 Å². The van der Waals surface area contributed by atoms with Gasteiger partial charge in [-0.1, -0.05) is 15.9 Å². The zero-order valence-electron chi connectivity index (χ0n) is 8.59. The van der Waals surface area contributed by atoms with E-state index in [0.717, 1.165) is 29.3 Å². The van der Waals surface area contributed by atoms with Crippen LogP contribution in [0.1, 0.15) is 24.8 Å². The van der Waals surface area contributed by atoms with E-state index in [1.54, 1.807) is 6.07 Å². The quantitative estimate of drug-likeness (QED) is 0.869. The third-order valence-electron chi connectivity index (χ3n) is 3.05. The number of halogens is 1. The third-order valence-corrected chi connectivity index (χ3v) is 3.71. The first-order valence-corrected chi connectivity index (χ1v) is 5.72. The van der Waals surface area contributed by atoms with E-state index in [9.17, 15) is 5.11 Å². The highest BCUT2D eigenvalue weighted by Gasteiger charge is 2.36. The predicted molar refractivity (Wildman–Crippen MR) is 62.1 cm³/mol. The van der Waals surface area contributed by atoms with Crippen LogP contribution in [0, 0.1) is 0 Å². The Morgan fingerprint density at radius 2 is 2.13 bits per heavy atom. The molecular formula is C11H14BrNO2. The summed E-state index contributed by atoms with van der Waals surface area (Å²) in [5, 5.41) is 9.58. The average molecular weight is 272 g/mol. The van der Waals surface area contributed by atoms with Crippen molar-refractivity contribution in [3.63, 3.8) is 0 Å². The molecule has 1 fully saturated rings. The Morgan fingerprint density at radius 3 is 2.60 bits per heavy atom. The zero-order valence-corrected chi connectivity index (χ0v) is 10.2. The van der Waals surface area contributed by atoms with Crippen LogP contribution in [0.4, 0.5) is 0 Å². The second-order valence-electron chi connectivity index (χ2n) is 4.01. The van der Waals surface area contributed by atoms with Crippen molar-refractivity contribution in [1.82, 2.24) is 0 Å². The maximum absolute atomic E-state index is 9.58. The fourth-order valence-electron chi connectivity index (χ4n) is 1.91. The molecule has 1 aliphatic carbocycles. The number of aromatic hydroxyl groups is 1. The fraction of sp³-hybridized carbons (Fsp3) is 0.455. The van der Waals surface area contributed by atoms with Crippen LogP contribution in [-0.2, 0) is 5.54 Å². The molecule has 82 valence electrons. The van der Waals surface area contributed by atoms with Crippen molar-refractivity contribution in [2.45, 2.75) is 24.8 Å². The van der Waals surface area contributed by atoms with Crippen LogP contribution < -0.4 is 10.5 Å². The summed E-state index contributed by atoms with van der Waals surface area (Å²) in [5.41, 5.74) is 7.00. The molecule has 1 saturated carbocycles. The molecule has 2 rings (SSSR count). The van der Waals surface area contributed by atoms with Crippen LogP contribution in [0.3, 0.4) is 0 Å². The molecule has 0 atom stereocenters. The average Bonchev–Trinajstić information content (AvgIpc) is 2.15. The van der Waals surface area contributed by atoms with Crippen molar-refractivity contribution in [1.29, 1.82) is 0 Å². The van der Waals surface area contributed by atoms with Crippen molar-refractivity contribution in [2.24, 2.45) is 5.73 Å². The lowest BCUT2D eigenvalue weighted by molar-refractivity contribution is 0.251. The van der Waals surface area contributed by atoms with E-state index in [-0.39, 0.29) is 11.3 Å². The molecule has 0 saturated heterocycles. The molecule has 0 bridgehead atoms. The Kier molecular flexibility index (Phi) is 2.64. The van der Waals surface area contributed by atoms with Gasteiger partial charge in [0.25, 0.3) is 0 Å². The largest absolute Gasteiger partial charge is 0.504 e. The smallest absolute Gasteiger partial charge is 0.160 e. The van der Waals surface area contributed by atoms with Gasteiger partial charge in [0.05, 0.1) is 7.11 Å². The monoisotopic (exact) mass is 271 g/mol. The summed E-state index contributed by atoms with van der Waals surface area (Å²) in [7, 11) is 1.54. The highest BCUT2D eigenvalue weighted by atomic mass is 79.9. The Hall–Kier alpha value is -0.740. The van der Waals surface area contributed by atoms with Crippen molar-refractivity contribution in [3.05, 3.63) is 22.2 Å². The van der Waals surface area contributed by atoms with Gasteiger partial charge >= 0.3 is 0 Å². The van der Waals surface area contributed by atoms with Gasteiger partial charge in [-0.15, -0.1) is 0 Å². The first-order chi connectivity index (χ1) is 7.07. The zero-order chi connectivity index (χ0) is 11.1. The summed E-state index contributed by atoms with van der Waals surface area (Å²) in [6.45, 7) is 0. The minimum atomic E-state index is -0.250. The second kappa shape index (κ2) is 3.68. The first kappa shape index (κ1) is 10.8. The molecule has 15 heavy (non-hydrogen) atoms. The Morgan fingerprint density at radius 1 is 1.47 bits per heavy atom. The predicted octanol–water partition coefficient (Wildman–Crippen LogP) is 2.50. The van der Waals surface area contributed by atoms with Crippen molar-refractivity contribution >= 4 is 15.9 Å². The van der Waals surface area contributed by atoms with E-state index in [1.165, 1.54) is 7.11 Å². The van der Waals surface area contributed by atoms with Gasteiger partial charge in [0, 0.05) is 10.0 Å². The van der Waals surface area contributed by atoms with Crippen LogP contribution in [0.5, 0.6) is 11.5 Å². The molecule has 0 heterocycles. The number of hydrogen-bond donors (Lipinski definition) is 2. The molecule has 1 aromatic rings. The number of hydrogen-bond acceptors (Lipinski definition) is 3. The highest BCUT2D eigenvalue weighted by Crippen LogP contribution is 2.45. The van der Waals surface area contributed by atoms with Gasteiger partial charge < -0.3 is 15.6 Å². The van der Waals surface area contributed by atoms with E-state index in [2.05, 4.69) is 15.9 Å². The second-order valence-corrected chi connectivity index (χ2v) is 4.87. The maximum atomic E-state index is 9.58. The Balaban J connectivity index is 2.47. The molecular weight excluding hydrogens is 258 g/mol. The van der Waals surface area contributed by atoms with Crippen LogP contribution >= 0.6 is 15.9 Å². The summed E-state index contributed by atoms with van der Waals surface area (Å²) in [5.74, 6) is 0.612. The minimum Gasteiger partial charge on any atom is -0.504 e. The molecule has 0 spiro atoms. The number of benzene rings is 1. The summed E-state index contributed by atoms with van der Waals surface area (Å²) >= 11 is 3.43. The van der Waals surface area contributed by atoms with Gasteiger partial charge in [0.1, 0.15) is 0 Å². The third kappa shape index (κ3) is 1.72. The molecule has 0 aromatic heterocycles. The number of phenols is 1. The van der Waals surface area contributed by atoms with Gasteiger partial charge in [-0.05, 0) is 37.0 Å². The molecule has 1 aliphatic rings. The van der Waals surface area contributed by atoms with E-state index >= 15 is 0 Å². The Bertz CT molecular complexity index is 388. The summed E-state index contributed by atoms with van der Waals surface area (Å²) in [6, 6.07) is 3.46. The molecule has 3 nitrogen and oxygen atoms in total. The van der Waals surface area contributed by atoms with Gasteiger partial charge in [0.2, 0.25) is 0 Å². The molecule has 0 aliphatic heterocycles. The van der Waals surface area contributed by atoms with Crippen LogP contribution in [0.25, 0.3) is 0 Å². The Labute approximate surface area is 97.4 Å². The fourth-order valence-corrected chi connectivity index (χ4v) is 2.64. The molecule has 0 amide bonds. The lowest BCUT2D eigenvalue weighted by Crippen LogP contribution is -2.43. The number of rotatable bonds is 2. The van der Waals surface area contributed by atoms with E-state index in [1.807, 2.05) is 6.07 Å². The van der Waals surface area contributed by atoms with Gasteiger partial charge in [-0.3, -0.25) is 0 Å². The summed E-state index contributed by atoms with van der Waals surface area (Å²) in [4.78, 5) is 0. The van der Waals surface area contributed by atoms with Crippen LogP contribution in [0.2, 0.25) is 0 Å². The molecule has 0 unspecified atom stereocenters. The SMILES string of the molecule is COc1cc(C2(N)CCC2)c(Br)cc1O. The van der Waals surface area contributed by atoms with E-state index in [0.29, 0.717) is 5.75 Å². The normalized spacial score (nSPS) is 18.3. The number of phenolic OH excluding ortho intramolecular Hbond substituents is 1. The number of methoxy groups -OCH3 is 1. The minimum absolute atomic E-state index is 0.135. The van der Waals surface area contributed by atoms with Gasteiger partial charge in [0.15, 0.2) is 11.5 Å². The van der Waals surface area contributed by atoms with Crippen LogP contribution in [-0.4, -0.2) is 12.2 Å². The molecule has 4 heteroatoms. The lowest BCUT2D eigenvalue weighted by atomic mass is 9.73. The van der Waals surface area contributed by atoms with E-state index in [4.69, 9.17) is 10.5 Å².